The second-order valence-electron chi connectivity index (χ2n) is 3.23. The van der Waals surface area contributed by atoms with Crippen LogP contribution >= 0.6 is 0 Å². The van der Waals surface area contributed by atoms with Crippen LogP contribution in [0.25, 0.3) is 5.57 Å². The van der Waals surface area contributed by atoms with Crippen LogP contribution in [0.1, 0.15) is 23.6 Å². The second kappa shape index (κ2) is 4.04. The number of hydrogen-bond acceptors (Lipinski definition) is 1. The summed E-state index contributed by atoms with van der Waals surface area (Å²) < 4.78 is 0. The van der Waals surface area contributed by atoms with Gasteiger partial charge in [0.25, 0.3) is 0 Å². The van der Waals surface area contributed by atoms with Gasteiger partial charge in [0.05, 0.1) is 0 Å². The first-order chi connectivity index (χ1) is 6.16. The zero-order valence-corrected chi connectivity index (χ0v) is 8.29. The van der Waals surface area contributed by atoms with Gasteiger partial charge in [-0.25, -0.2) is 0 Å². The number of rotatable bonds is 2. The molecule has 0 spiro atoms. The van der Waals surface area contributed by atoms with E-state index in [0.29, 0.717) is 0 Å². The molecular formula is C12H14O. The molecule has 13 heavy (non-hydrogen) atoms. The number of aryl methyl sites for hydroxylation is 1. The van der Waals surface area contributed by atoms with Gasteiger partial charge in [0.15, 0.2) is 0 Å². The van der Waals surface area contributed by atoms with E-state index in [4.69, 9.17) is 0 Å². The molecule has 68 valence electrons. The maximum Gasteiger partial charge on any atom is 0.143 e. The van der Waals surface area contributed by atoms with Crippen LogP contribution in [-0.2, 0) is 4.79 Å². The Labute approximate surface area is 79.1 Å². The largest absolute Gasteiger partial charge is 0.299 e. The minimum Gasteiger partial charge on any atom is -0.299 e. The Morgan fingerprint density at radius 2 is 2.00 bits per heavy atom. The molecule has 0 N–H and O–H groups in total. The first-order valence-electron chi connectivity index (χ1n) is 4.35. The van der Waals surface area contributed by atoms with Gasteiger partial charge in [-0.15, -0.1) is 0 Å². The molecule has 1 aromatic carbocycles. The average Bonchev–Trinajstić information content (AvgIpc) is 2.10. The summed E-state index contributed by atoms with van der Waals surface area (Å²) in [5.41, 5.74) is 4.69. The molecule has 0 amide bonds. The lowest BCUT2D eigenvalue weighted by atomic mass is 9.98. The maximum atomic E-state index is 10.3. The summed E-state index contributed by atoms with van der Waals surface area (Å²) in [5, 5.41) is 0. The number of carbonyl (C=O) groups is 1. The Kier molecular flexibility index (Phi) is 3.02. The predicted octanol–water partition coefficient (Wildman–Crippen LogP) is 2.91. The molecule has 0 aromatic heterocycles. The molecule has 0 radical (unpaired) electrons. The van der Waals surface area contributed by atoms with Gasteiger partial charge in [-0.3, -0.25) is 4.79 Å². The summed E-state index contributed by atoms with van der Waals surface area (Å²) in [6, 6.07) is 6.13. The summed E-state index contributed by atoms with van der Waals surface area (Å²) in [6.07, 6.45) is 2.43. The number of aldehydes is 1. The van der Waals surface area contributed by atoms with E-state index in [9.17, 15) is 4.79 Å². The summed E-state index contributed by atoms with van der Waals surface area (Å²) in [5.74, 6) is 0. The fraction of sp³-hybridized carbons (Fsp3) is 0.250. The SMILES string of the molecule is C/C(=C\C=O)c1cccc(C)c1C. The van der Waals surface area contributed by atoms with E-state index in [0.717, 1.165) is 17.4 Å². The highest BCUT2D eigenvalue weighted by Crippen LogP contribution is 2.20. The summed E-state index contributed by atoms with van der Waals surface area (Å²) in [7, 11) is 0. The second-order valence-corrected chi connectivity index (χ2v) is 3.23. The van der Waals surface area contributed by atoms with Crippen molar-refractivity contribution in [1.82, 2.24) is 0 Å². The highest BCUT2D eigenvalue weighted by Gasteiger charge is 2.01. The van der Waals surface area contributed by atoms with Crippen LogP contribution in [-0.4, -0.2) is 6.29 Å². The highest BCUT2D eigenvalue weighted by atomic mass is 16.1. The molecule has 1 rings (SSSR count). The number of hydrogen-bond donors (Lipinski definition) is 0. The first kappa shape index (κ1) is 9.72. The third-order valence-electron chi connectivity index (χ3n) is 2.35. The van der Waals surface area contributed by atoms with Crippen molar-refractivity contribution < 1.29 is 4.79 Å². The van der Waals surface area contributed by atoms with Crippen LogP contribution in [0.15, 0.2) is 24.3 Å². The maximum absolute atomic E-state index is 10.3. The Hall–Kier alpha value is -1.37. The van der Waals surface area contributed by atoms with E-state index in [-0.39, 0.29) is 0 Å². The third-order valence-corrected chi connectivity index (χ3v) is 2.35. The van der Waals surface area contributed by atoms with E-state index >= 15 is 0 Å². The fourth-order valence-corrected chi connectivity index (χ4v) is 1.37. The standard InChI is InChI=1S/C12H14O/c1-9-5-4-6-12(11(9)3)10(2)7-8-13/h4-8H,1-3H3/b10-7+. The Morgan fingerprint density at radius 1 is 1.31 bits per heavy atom. The molecule has 0 aliphatic rings. The topological polar surface area (TPSA) is 17.1 Å². The molecule has 0 heterocycles. The van der Waals surface area contributed by atoms with Gasteiger partial charge in [-0.1, -0.05) is 18.2 Å². The summed E-state index contributed by atoms with van der Waals surface area (Å²) in [4.78, 5) is 10.3. The van der Waals surface area contributed by atoms with E-state index in [1.807, 2.05) is 19.1 Å². The van der Waals surface area contributed by atoms with E-state index in [1.165, 1.54) is 11.1 Å². The molecule has 0 bridgehead atoms. The number of benzene rings is 1. The van der Waals surface area contributed by atoms with Crippen molar-refractivity contribution in [3.63, 3.8) is 0 Å². The minimum atomic E-state index is 0.830. The smallest absolute Gasteiger partial charge is 0.143 e. The van der Waals surface area contributed by atoms with Crippen LogP contribution in [0, 0.1) is 13.8 Å². The van der Waals surface area contributed by atoms with Crippen molar-refractivity contribution in [3.05, 3.63) is 41.0 Å². The monoisotopic (exact) mass is 174 g/mol. The summed E-state index contributed by atoms with van der Waals surface area (Å²) >= 11 is 0. The van der Waals surface area contributed by atoms with Gasteiger partial charge in [-0.05, 0) is 49.1 Å². The van der Waals surface area contributed by atoms with Crippen LogP contribution in [0.3, 0.4) is 0 Å². The molecule has 0 saturated carbocycles. The van der Waals surface area contributed by atoms with Gasteiger partial charge >= 0.3 is 0 Å². The Balaban J connectivity index is 3.22. The molecule has 0 saturated heterocycles. The van der Waals surface area contributed by atoms with E-state index in [1.54, 1.807) is 6.08 Å². The van der Waals surface area contributed by atoms with Gasteiger partial charge in [0, 0.05) is 0 Å². The van der Waals surface area contributed by atoms with Crippen molar-refractivity contribution in [2.24, 2.45) is 0 Å². The molecule has 0 aliphatic carbocycles. The Bertz CT molecular complexity index is 348. The van der Waals surface area contributed by atoms with Crippen molar-refractivity contribution in [1.29, 1.82) is 0 Å². The number of carbonyl (C=O) groups excluding carboxylic acids is 1. The predicted molar refractivity (Wildman–Crippen MR) is 55.6 cm³/mol. The van der Waals surface area contributed by atoms with Gasteiger partial charge in [0.1, 0.15) is 6.29 Å². The van der Waals surface area contributed by atoms with Crippen molar-refractivity contribution >= 4 is 11.9 Å². The lowest BCUT2D eigenvalue weighted by Gasteiger charge is -2.07. The molecule has 0 atom stereocenters. The summed E-state index contributed by atoms with van der Waals surface area (Å²) in [6.45, 7) is 6.11. The molecule has 0 aliphatic heterocycles. The molecular weight excluding hydrogens is 160 g/mol. The minimum absolute atomic E-state index is 0.830. The third kappa shape index (κ3) is 2.05. The van der Waals surface area contributed by atoms with Gasteiger partial charge in [0.2, 0.25) is 0 Å². The first-order valence-corrected chi connectivity index (χ1v) is 4.35. The van der Waals surface area contributed by atoms with Crippen molar-refractivity contribution in [3.8, 4) is 0 Å². The van der Waals surface area contributed by atoms with Crippen LogP contribution in [0.2, 0.25) is 0 Å². The van der Waals surface area contributed by atoms with Gasteiger partial charge < -0.3 is 0 Å². The lowest BCUT2D eigenvalue weighted by Crippen LogP contribution is -1.89. The normalized spacial score (nSPS) is 11.5. The zero-order valence-electron chi connectivity index (χ0n) is 8.29. The molecule has 1 aromatic rings. The fourth-order valence-electron chi connectivity index (χ4n) is 1.37. The van der Waals surface area contributed by atoms with E-state index < -0.39 is 0 Å². The van der Waals surface area contributed by atoms with Crippen LogP contribution < -0.4 is 0 Å². The molecule has 1 nitrogen and oxygen atoms in total. The molecule has 1 heteroatoms. The van der Waals surface area contributed by atoms with E-state index in [2.05, 4.69) is 19.9 Å². The molecule has 0 fully saturated rings. The average molecular weight is 174 g/mol. The molecule has 0 unspecified atom stereocenters. The zero-order chi connectivity index (χ0) is 9.84. The number of allylic oxidation sites excluding steroid dienone is 2. The lowest BCUT2D eigenvalue weighted by molar-refractivity contribution is -0.104. The quantitative estimate of drug-likeness (QED) is 0.497. The highest BCUT2D eigenvalue weighted by molar-refractivity contribution is 5.81. The van der Waals surface area contributed by atoms with Crippen LogP contribution in [0.5, 0.6) is 0 Å². The Morgan fingerprint density at radius 3 is 2.62 bits per heavy atom. The van der Waals surface area contributed by atoms with Gasteiger partial charge in [-0.2, -0.15) is 0 Å². The van der Waals surface area contributed by atoms with Crippen molar-refractivity contribution in [2.75, 3.05) is 0 Å². The van der Waals surface area contributed by atoms with Crippen molar-refractivity contribution in [2.45, 2.75) is 20.8 Å². The van der Waals surface area contributed by atoms with Crippen LogP contribution in [0.4, 0.5) is 0 Å².